The molecule has 4 nitrogen and oxygen atoms in total. The Hall–Kier alpha value is -1.47. The maximum Gasteiger partial charge on any atom is 0.338 e. The normalized spacial score (nSPS) is 10.3. The highest BCUT2D eigenvalue weighted by atomic mass is 127. The zero-order chi connectivity index (χ0) is 16.8. The summed E-state index contributed by atoms with van der Waals surface area (Å²) < 4.78 is 17.0. The van der Waals surface area contributed by atoms with Crippen LogP contribution in [0.15, 0.2) is 36.4 Å². The van der Waals surface area contributed by atoms with Crippen molar-refractivity contribution in [3.63, 3.8) is 0 Å². The fourth-order valence-electron chi connectivity index (χ4n) is 1.94. The maximum atomic E-state index is 11.7. The van der Waals surface area contributed by atoms with Crippen molar-refractivity contribution >= 4 is 40.2 Å². The fraction of sp³-hybridized carbons (Fsp3) is 0.235. The molecular weight excluding hydrogens is 431 g/mol. The van der Waals surface area contributed by atoms with Crippen LogP contribution in [0, 0.1) is 3.57 Å². The molecule has 0 aliphatic rings. The van der Waals surface area contributed by atoms with Gasteiger partial charge in [-0.15, -0.1) is 0 Å². The zero-order valence-corrected chi connectivity index (χ0v) is 15.7. The second kappa shape index (κ2) is 8.40. The second-order valence-electron chi connectivity index (χ2n) is 4.63. The lowest BCUT2D eigenvalue weighted by molar-refractivity contribution is 0.0600. The number of carbonyl (C=O) groups is 1. The lowest BCUT2D eigenvalue weighted by atomic mass is 10.2. The van der Waals surface area contributed by atoms with Crippen LogP contribution < -0.4 is 9.47 Å². The van der Waals surface area contributed by atoms with E-state index in [2.05, 4.69) is 22.6 Å². The molecule has 0 heterocycles. The number of hydrogen-bond donors (Lipinski definition) is 0. The summed E-state index contributed by atoms with van der Waals surface area (Å²) in [4.78, 5) is 11.7. The van der Waals surface area contributed by atoms with Gasteiger partial charge in [-0.05, 0) is 59.3 Å². The number of halogens is 2. The Labute approximate surface area is 153 Å². The van der Waals surface area contributed by atoms with E-state index in [1.54, 1.807) is 12.1 Å². The number of benzene rings is 2. The minimum absolute atomic E-state index is 0.380. The van der Waals surface area contributed by atoms with E-state index >= 15 is 0 Å². The molecule has 0 saturated carbocycles. The van der Waals surface area contributed by atoms with Crippen molar-refractivity contribution in [1.82, 2.24) is 0 Å². The minimum Gasteiger partial charge on any atom is -0.490 e. The van der Waals surface area contributed by atoms with Crippen LogP contribution in [0.2, 0.25) is 5.02 Å². The van der Waals surface area contributed by atoms with Crippen molar-refractivity contribution in [3.8, 4) is 11.5 Å². The molecular formula is C17H16ClIO4. The van der Waals surface area contributed by atoms with E-state index in [0.717, 1.165) is 9.13 Å². The molecule has 0 unspecified atom stereocenters. The standard InChI is InChI=1S/C17H16ClIO4/c1-3-22-15-9-12(17(20)21-2)8-14(19)16(15)23-10-11-4-6-13(18)7-5-11/h4-9H,3,10H2,1-2H3. The van der Waals surface area contributed by atoms with Gasteiger partial charge in [0.25, 0.3) is 0 Å². The van der Waals surface area contributed by atoms with Crippen LogP contribution in [0.3, 0.4) is 0 Å². The summed E-state index contributed by atoms with van der Waals surface area (Å²) in [5, 5.41) is 0.681. The first-order chi connectivity index (χ1) is 11.0. The Balaban J connectivity index is 2.25. The molecule has 2 rings (SSSR count). The first-order valence-electron chi connectivity index (χ1n) is 6.97. The van der Waals surface area contributed by atoms with Crippen molar-refractivity contribution in [3.05, 3.63) is 56.1 Å². The SMILES string of the molecule is CCOc1cc(C(=O)OC)cc(I)c1OCc1ccc(Cl)cc1. The fourth-order valence-corrected chi connectivity index (χ4v) is 2.83. The van der Waals surface area contributed by atoms with Crippen molar-refractivity contribution in [2.24, 2.45) is 0 Å². The summed E-state index contributed by atoms with van der Waals surface area (Å²) >= 11 is 7.99. The molecule has 0 aliphatic heterocycles. The number of hydrogen-bond acceptors (Lipinski definition) is 4. The molecule has 0 saturated heterocycles. The summed E-state index contributed by atoms with van der Waals surface area (Å²) in [5.41, 5.74) is 1.42. The van der Waals surface area contributed by atoms with E-state index in [1.807, 2.05) is 31.2 Å². The van der Waals surface area contributed by atoms with Crippen LogP contribution in [0.5, 0.6) is 11.5 Å². The molecule has 6 heteroatoms. The third-order valence-corrected chi connectivity index (χ3v) is 4.08. The zero-order valence-electron chi connectivity index (χ0n) is 12.8. The lowest BCUT2D eigenvalue weighted by Crippen LogP contribution is -2.06. The van der Waals surface area contributed by atoms with Crippen molar-refractivity contribution in [2.45, 2.75) is 13.5 Å². The Bertz CT molecular complexity index is 686. The molecule has 23 heavy (non-hydrogen) atoms. The Kier molecular flexibility index (Phi) is 6.53. The molecule has 0 atom stereocenters. The maximum absolute atomic E-state index is 11.7. The molecule has 2 aromatic rings. The van der Waals surface area contributed by atoms with E-state index in [9.17, 15) is 4.79 Å². The number of methoxy groups -OCH3 is 1. The predicted octanol–water partition coefficient (Wildman–Crippen LogP) is 4.71. The molecule has 0 aliphatic carbocycles. The van der Waals surface area contributed by atoms with Gasteiger partial charge in [-0.3, -0.25) is 0 Å². The monoisotopic (exact) mass is 446 g/mol. The average Bonchev–Trinajstić information content (AvgIpc) is 2.55. The molecule has 0 amide bonds. The minimum atomic E-state index is -0.409. The van der Waals surface area contributed by atoms with Gasteiger partial charge in [0.15, 0.2) is 11.5 Å². The molecule has 0 fully saturated rings. The molecule has 0 radical (unpaired) electrons. The van der Waals surface area contributed by atoms with E-state index in [0.29, 0.717) is 35.3 Å². The van der Waals surface area contributed by atoms with Gasteiger partial charge in [-0.2, -0.15) is 0 Å². The average molecular weight is 447 g/mol. The van der Waals surface area contributed by atoms with Gasteiger partial charge in [-0.1, -0.05) is 23.7 Å². The van der Waals surface area contributed by atoms with Crippen molar-refractivity contribution < 1.29 is 19.0 Å². The van der Waals surface area contributed by atoms with Crippen molar-refractivity contribution in [2.75, 3.05) is 13.7 Å². The van der Waals surface area contributed by atoms with E-state index in [-0.39, 0.29) is 0 Å². The molecule has 0 bridgehead atoms. The lowest BCUT2D eigenvalue weighted by Gasteiger charge is -2.15. The second-order valence-corrected chi connectivity index (χ2v) is 6.22. The first-order valence-corrected chi connectivity index (χ1v) is 8.42. The van der Waals surface area contributed by atoms with E-state index in [1.165, 1.54) is 7.11 Å². The van der Waals surface area contributed by atoms with Crippen molar-refractivity contribution in [1.29, 1.82) is 0 Å². The smallest absolute Gasteiger partial charge is 0.338 e. The van der Waals surface area contributed by atoms with Crippen LogP contribution >= 0.6 is 34.2 Å². The molecule has 0 spiro atoms. The van der Waals surface area contributed by atoms with Crippen LogP contribution in [0.4, 0.5) is 0 Å². The topological polar surface area (TPSA) is 44.8 Å². The third kappa shape index (κ3) is 4.75. The summed E-state index contributed by atoms with van der Waals surface area (Å²) in [6.07, 6.45) is 0. The summed E-state index contributed by atoms with van der Waals surface area (Å²) in [6.45, 7) is 2.73. The number of carbonyl (C=O) groups excluding carboxylic acids is 1. The van der Waals surface area contributed by atoms with Crippen LogP contribution in [0.1, 0.15) is 22.8 Å². The molecule has 0 aromatic heterocycles. The highest BCUT2D eigenvalue weighted by Gasteiger charge is 2.16. The highest BCUT2D eigenvalue weighted by molar-refractivity contribution is 14.1. The van der Waals surface area contributed by atoms with Crippen LogP contribution in [-0.4, -0.2) is 19.7 Å². The number of ether oxygens (including phenoxy) is 3. The number of rotatable bonds is 6. The molecule has 2 aromatic carbocycles. The van der Waals surface area contributed by atoms with Gasteiger partial charge in [-0.25, -0.2) is 4.79 Å². The molecule has 0 N–H and O–H groups in total. The quantitative estimate of drug-likeness (QED) is 0.476. The highest BCUT2D eigenvalue weighted by Crippen LogP contribution is 2.35. The molecule has 122 valence electrons. The van der Waals surface area contributed by atoms with Crippen LogP contribution in [0.25, 0.3) is 0 Å². The Morgan fingerprint density at radius 1 is 1.17 bits per heavy atom. The van der Waals surface area contributed by atoms with Gasteiger partial charge >= 0.3 is 5.97 Å². The van der Waals surface area contributed by atoms with Gasteiger partial charge in [0, 0.05) is 5.02 Å². The van der Waals surface area contributed by atoms with Gasteiger partial charge < -0.3 is 14.2 Å². The van der Waals surface area contributed by atoms with Crippen LogP contribution in [-0.2, 0) is 11.3 Å². The summed E-state index contributed by atoms with van der Waals surface area (Å²) in [5.74, 6) is 0.719. The Morgan fingerprint density at radius 3 is 2.48 bits per heavy atom. The number of esters is 1. The third-order valence-electron chi connectivity index (χ3n) is 3.03. The summed E-state index contributed by atoms with van der Waals surface area (Å²) in [7, 11) is 1.35. The first kappa shape index (κ1) is 17.9. The predicted molar refractivity (Wildman–Crippen MR) is 97.5 cm³/mol. The largest absolute Gasteiger partial charge is 0.490 e. The van der Waals surface area contributed by atoms with Gasteiger partial charge in [0.1, 0.15) is 6.61 Å². The van der Waals surface area contributed by atoms with Gasteiger partial charge in [0.2, 0.25) is 0 Å². The van der Waals surface area contributed by atoms with E-state index < -0.39 is 5.97 Å². The summed E-state index contributed by atoms with van der Waals surface area (Å²) in [6, 6.07) is 10.8. The van der Waals surface area contributed by atoms with Gasteiger partial charge in [0.05, 0.1) is 22.9 Å². The van der Waals surface area contributed by atoms with E-state index in [4.69, 9.17) is 25.8 Å². The Morgan fingerprint density at radius 2 is 1.87 bits per heavy atom.